The van der Waals surface area contributed by atoms with Crippen LogP contribution in [0.3, 0.4) is 0 Å². The minimum absolute atomic E-state index is 0.0448. The molecule has 23 heavy (non-hydrogen) atoms. The van der Waals surface area contributed by atoms with Crippen LogP contribution in [0, 0.1) is 11.8 Å². The molecule has 2 heterocycles. The topological polar surface area (TPSA) is 57.1 Å². The summed E-state index contributed by atoms with van der Waals surface area (Å²) in [5.74, 6) is 1.53. The summed E-state index contributed by atoms with van der Waals surface area (Å²) in [6.07, 6.45) is 11.9. The molecule has 0 spiro atoms. The molecule has 1 N–H and O–H groups in total. The van der Waals surface area contributed by atoms with Crippen LogP contribution in [0.5, 0.6) is 0 Å². The van der Waals surface area contributed by atoms with E-state index in [1.54, 1.807) is 0 Å². The fourth-order valence-corrected chi connectivity index (χ4v) is 4.51. The molecule has 3 atom stereocenters. The number of rotatable bonds is 4. The summed E-state index contributed by atoms with van der Waals surface area (Å²) < 4.78 is 0. The SMILES string of the molecule is O=C(NC1CC2CC1CN2CC1CC1)C1=NN=C2CC=CC=C21. The number of nitrogens with zero attached hydrogens (tertiary/aromatic N) is 3. The first-order chi connectivity index (χ1) is 11.3. The molecular formula is C18H22N4O. The van der Waals surface area contributed by atoms with Crippen LogP contribution in [0.15, 0.2) is 34.0 Å². The van der Waals surface area contributed by atoms with Crippen molar-refractivity contribution in [1.82, 2.24) is 10.2 Å². The van der Waals surface area contributed by atoms with Crippen molar-refractivity contribution < 1.29 is 4.79 Å². The standard InChI is InChI=1S/C18H22N4O/c23-18(17-14-3-1-2-4-15(14)20-21-17)19-16-8-13-7-12(16)10-22(13)9-11-5-6-11/h1-3,11-13,16H,4-10H2,(H,19,23). The van der Waals surface area contributed by atoms with E-state index < -0.39 is 0 Å². The summed E-state index contributed by atoms with van der Waals surface area (Å²) in [6.45, 7) is 2.44. The zero-order chi connectivity index (χ0) is 15.4. The third-order valence-corrected chi connectivity index (χ3v) is 5.92. The quantitative estimate of drug-likeness (QED) is 0.859. The second-order valence-corrected chi connectivity index (χ2v) is 7.57. The largest absolute Gasteiger partial charge is 0.348 e. The Morgan fingerprint density at radius 3 is 3.00 bits per heavy atom. The molecule has 2 bridgehead atoms. The van der Waals surface area contributed by atoms with Gasteiger partial charge in [0.1, 0.15) is 0 Å². The lowest BCUT2D eigenvalue weighted by atomic mass is 9.97. The van der Waals surface area contributed by atoms with E-state index in [2.05, 4.69) is 20.4 Å². The van der Waals surface area contributed by atoms with E-state index in [0.29, 0.717) is 23.7 Å². The molecular weight excluding hydrogens is 288 g/mol. The molecule has 1 saturated heterocycles. The van der Waals surface area contributed by atoms with Crippen LogP contribution < -0.4 is 5.32 Å². The van der Waals surface area contributed by atoms with E-state index in [0.717, 1.165) is 36.6 Å². The Balaban J connectivity index is 1.21. The molecule has 5 aliphatic rings. The van der Waals surface area contributed by atoms with Crippen molar-refractivity contribution in [1.29, 1.82) is 0 Å². The van der Waals surface area contributed by atoms with Gasteiger partial charge in [0.05, 0.1) is 5.71 Å². The van der Waals surface area contributed by atoms with E-state index in [1.165, 1.54) is 25.8 Å². The number of hydrogen-bond acceptors (Lipinski definition) is 4. The second kappa shape index (κ2) is 5.13. The zero-order valence-electron chi connectivity index (χ0n) is 13.2. The van der Waals surface area contributed by atoms with E-state index in [1.807, 2.05) is 18.2 Å². The predicted molar refractivity (Wildman–Crippen MR) is 89.4 cm³/mol. The normalized spacial score (nSPS) is 35.0. The average molecular weight is 310 g/mol. The minimum Gasteiger partial charge on any atom is -0.348 e. The first kappa shape index (κ1) is 13.7. The van der Waals surface area contributed by atoms with Crippen LogP contribution in [-0.2, 0) is 4.79 Å². The van der Waals surface area contributed by atoms with Gasteiger partial charge in [0.15, 0.2) is 5.71 Å². The van der Waals surface area contributed by atoms with Crippen molar-refractivity contribution in [2.45, 2.75) is 44.2 Å². The smallest absolute Gasteiger partial charge is 0.272 e. The van der Waals surface area contributed by atoms with Crippen LogP contribution in [0.4, 0.5) is 0 Å². The van der Waals surface area contributed by atoms with Gasteiger partial charge < -0.3 is 5.32 Å². The molecule has 0 aromatic carbocycles. The summed E-state index contributed by atoms with van der Waals surface area (Å²) in [7, 11) is 0. The Morgan fingerprint density at radius 1 is 1.30 bits per heavy atom. The Kier molecular flexibility index (Phi) is 3.05. The van der Waals surface area contributed by atoms with E-state index >= 15 is 0 Å². The van der Waals surface area contributed by atoms with Crippen molar-refractivity contribution in [2.24, 2.45) is 22.0 Å². The van der Waals surface area contributed by atoms with Gasteiger partial charge in [0.2, 0.25) is 0 Å². The van der Waals surface area contributed by atoms with Crippen LogP contribution >= 0.6 is 0 Å². The van der Waals surface area contributed by atoms with Gasteiger partial charge in [0, 0.05) is 37.2 Å². The van der Waals surface area contributed by atoms with Gasteiger partial charge in [-0.15, -0.1) is 5.10 Å². The summed E-state index contributed by atoms with van der Waals surface area (Å²) in [5, 5.41) is 11.5. The Morgan fingerprint density at radius 2 is 2.22 bits per heavy atom. The lowest BCUT2D eigenvalue weighted by Crippen LogP contribution is -2.48. The number of allylic oxidation sites excluding steroid dienone is 3. The Hall–Kier alpha value is -1.75. The van der Waals surface area contributed by atoms with Crippen molar-refractivity contribution in [3.05, 3.63) is 23.8 Å². The molecule has 3 unspecified atom stereocenters. The molecule has 0 aromatic rings. The highest BCUT2D eigenvalue weighted by Gasteiger charge is 2.46. The van der Waals surface area contributed by atoms with Crippen molar-refractivity contribution >= 4 is 17.3 Å². The van der Waals surface area contributed by atoms with Gasteiger partial charge in [-0.3, -0.25) is 9.69 Å². The van der Waals surface area contributed by atoms with E-state index in [9.17, 15) is 4.79 Å². The average Bonchev–Trinajstić information content (AvgIpc) is 2.97. The molecule has 2 aliphatic heterocycles. The van der Waals surface area contributed by atoms with E-state index in [4.69, 9.17) is 0 Å². The molecule has 120 valence electrons. The molecule has 3 aliphatic carbocycles. The third-order valence-electron chi connectivity index (χ3n) is 5.92. The number of amides is 1. The lowest BCUT2D eigenvalue weighted by molar-refractivity contribution is -0.115. The van der Waals surface area contributed by atoms with Crippen molar-refractivity contribution in [2.75, 3.05) is 13.1 Å². The van der Waals surface area contributed by atoms with Gasteiger partial charge in [0.25, 0.3) is 5.91 Å². The van der Waals surface area contributed by atoms with Crippen molar-refractivity contribution in [3.8, 4) is 0 Å². The van der Waals surface area contributed by atoms with Gasteiger partial charge in [-0.05, 0) is 37.5 Å². The molecule has 2 saturated carbocycles. The third kappa shape index (κ3) is 2.38. The lowest BCUT2D eigenvalue weighted by Gasteiger charge is -2.32. The summed E-state index contributed by atoms with van der Waals surface area (Å²) >= 11 is 0. The number of carbonyl (C=O) groups excluding carboxylic acids is 1. The Labute approximate surface area is 136 Å². The molecule has 5 rings (SSSR count). The van der Waals surface area contributed by atoms with Crippen LogP contribution in [0.25, 0.3) is 0 Å². The number of hydrogen-bond donors (Lipinski definition) is 1. The van der Waals surface area contributed by atoms with Crippen molar-refractivity contribution in [3.63, 3.8) is 0 Å². The number of fused-ring (bicyclic) bond motifs is 3. The highest BCUT2D eigenvalue weighted by Crippen LogP contribution is 2.41. The zero-order valence-corrected chi connectivity index (χ0v) is 13.2. The van der Waals surface area contributed by atoms with E-state index in [-0.39, 0.29) is 5.91 Å². The maximum atomic E-state index is 12.6. The molecule has 5 heteroatoms. The number of carbonyl (C=O) groups is 1. The number of piperidine rings is 1. The monoisotopic (exact) mass is 310 g/mol. The molecule has 3 fully saturated rings. The van der Waals surface area contributed by atoms with Crippen LogP contribution in [-0.4, -0.2) is 47.4 Å². The summed E-state index contributed by atoms with van der Waals surface area (Å²) in [5.41, 5.74) is 2.33. The molecule has 0 radical (unpaired) electrons. The summed E-state index contributed by atoms with van der Waals surface area (Å²) in [6, 6.07) is 0.995. The fraction of sp³-hybridized carbons (Fsp3) is 0.611. The first-order valence-corrected chi connectivity index (χ1v) is 8.85. The maximum Gasteiger partial charge on any atom is 0.272 e. The maximum absolute atomic E-state index is 12.6. The second-order valence-electron chi connectivity index (χ2n) is 7.57. The Bertz CT molecular complexity index is 671. The van der Waals surface area contributed by atoms with Gasteiger partial charge in [-0.2, -0.15) is 5.10 Å². The number of likely N-dealkylation sites (tertiary alicyclic amines) is 1. The molecule has 5 nitrogen and oxygen atoms in total. The highest BCUT2D eigenvalue weighted by atomic mass is 16.2. The number of nitrogens with one attached hydrogen (secondary N) is 1. The molecule has 0 aromatic heterocycles. The van der Waals surface area contributed by atoms with Crippen LogP contribution in [0.1, 0.15) is 32.1 Å². The first-order valence-electron chi connectivity index (χ1n) is 8.85. The fourth-order valence-electron chi connectivity index (χ4n) is 4.51. The highest BCUT2D eigenvalue weighted by molar-refractivity contribution is 6.53. The molecule has 1 amide bonds. The summed E-state index contributed by atoms with van der Waals surface area (Å²) in [4.78, 5) is 15.3. The minimum atomic E-state index is -0.0448. The van der Waals surface area contributed by atoms with Gasteiger partial charge in [-0.25, -0.2) is 0 Å². The predicted octanol–water partition coefficient (Wildman–Crippen LogP) is 1.67. The van der Waals surface area contributed by atoms with Crippen LogP contribution in [0.2, 0.25) is 0 Å². The van der Waals surface area contributed by atoms with Gasteiger partial charge in [-0.1, -0.05) is 18.2 Å². The van der Waals surface area contributed by atoms with Gasteiger partial charge >= 0.3 is 0 Å².